The number of ether oxygens (including phenoxy) is 1. The Labute approximate surface area is 188 Å². The maximum Gasteiger partial charge on any atom is 0.405 e. The molecule has 2 N–H and O–H groups in total. The molecule has 11 heteroatoms. The van der Waals surface area contributed by atoms with E-state index in [1.165, 1.54) is 18.2 Å². The van der Waals surface area contributed by atoms with Gasteiger partial charge in [0, 0.05) is 25.1 Å². The lowest BCUT2D eigenvalue weighted by Gasteiger charge is -2.30. The van der Waals surface area contributed by atoms with Crippen molar-refractivity contribution in [3.8, 4) is 0 Å². The zero-order chi connectivity index (χ0) is 24.4. The number of fused-ring (bicyclic) bond motifs is 1. The Hall–Kier alpha value is -2.69. The van der Waals surface area contributed by atoms with Crippen molar-refractivity contribution in [2.45, 2.75) is 52.4 Å². The second-order valence-corrected chi connectivity index (χ2v) is 9.35. The topological polar surface area (TPSA) is 85.2 Å². The summed E-state index contributed by atoms with van der Waals surface area (Å²) in [6.45, 7) is 5.08. The number of alkyl halides is 3. The van der Waals surface area contributed by atoms with Crippen LogP contribution in [0.3, 0.4) is 0 Å². The first kappa shape index (κ1) is 24.9. The van der Waals surface area contributed by atoms with Gasteiger partial charge in [-0.1, -0.05) is 20.8 Å². The van der Waals surface area contributed by atoms with Crippen LogP contribution in [-0.4, -0.2) is 53.6 Å². The molecule has 7 nitrogen and oxygen atoms in total. The first-order valence-corrected chi connectivity index (χ1v) is 10.7. The quantitative estimate of drug-likeness (QED) is 0.631. The lowest BCUT2D eigenvalue weighted by Crippen LogP contribution is -2.54. The Kier molecular flexibility index (Phi) is 7.30. The van der Waals surface area contributed by atoms with Gasteiger partial charge >= 0.3 is 6.18 Å². The van der Waals surface area contributed by atoms with E-state index in [2.05, 4.69) is 10.4 Å². The minimum Gasteiger partial charge on any atom is -0.381 e. The summed E-state index contributed by atoms with van der Waals surface area (Å²) in [5, 5.41) is 9.13. The van der Waals surface area contributed by atoms with Gasteiger partial charge in [0.05, 0.1) is 5.52 Å². The number of aromatic nitrogens is 2. The van der Waals surface area contributed by atoms with E-state index in [4.69, 9.17) is 4.74 Å². The molecule has 0 saturated carbocycles. The van der Waals surface area contributed by atoms with Crippen molar-refractivity contribution in [1.82, 2.24) is 20.4 Å². The Morgan fingerprint density at radius 2 is 1.88 bits per heavy atom. The summed E-state index contributed by atoms with van der Waals surface area (Å²) in [4.78, 5) is 25.6. The van der Waals surface area contributed by atoms with Crippen LogP contribution in [-0.2, 0) is 16.1 Å². The highest BCUT2D eigenvalue weighted by Crippen LogP contribution is 2.25. The lowest BCUT2D eigenvalue weighted by atomic mass is 9.86. The van der Waals surface area contributed by atoms with Crippen molar-refractivity contribution in [2.75, 3.05) is 19.8 Å². The molecular formula is C22H28F4N4O3. The normalized spacial score (nSPS) is 16.6. The van der Waals surface area contributed by atoms with Gasteiger partial charge in [0.1, 0.15) is 18.4 Å². The molecule has 0 spiro atoms. The maximum atomic E-state index is 14.0. The predicted octanol–water partition coefficient (Wildman–Crippen LogP) is 3.43. The maximum absolute atomic E-state index is 14.0. The summed E-state index contributed by atoms with van der Waals surface area (Å²) >= 11 is 0. The van der Waals surface area contributed by atoms with E-state index in [0.29, 0.717) is 30.7 Å². The number of amides is 2. The Morgan fingerprint density at radius 1 is 1.21 bits per heavy atom. The van der Waals surface area contributed by atoms with Gasteiger partial charge in [0.15, 0.2) is 5.69 Å². The monoisotopic (exact) mass is 472 g/mol. The second kappa shape index (κ2) is 9.66. The Bertz CT molecular complexity index is 1010. The molecule has 1 unspecified atom stereocenters. The number of carbonyl (C=O) groups is 2. The third-order valence-corrected chi connectivity index (χ3v) is 5.57. The lowest BCUT2D eigenvalue weighted by molar-refractivity contribution is -0.140. The van der Waals surface area contributed by atoms with E-state index < -0.39 is 41.8 Å². The summed E-state index contributed by atoms with van der Waals surface area (Å²) in [7, 11) is 0. The molecule has 2 aromatic rings. The molecule has 1 saturated heterocycles. The summed E-state index contributed by atoms with van der Waals surface area (Å²) < 4.78 is 58.5. The van der Waals surface area contributed by atoms with Gasteiger partial charge in [-0.2, -0.15) is 18.3 Å². The molecule has 3 rings (SSSR count). The number of halogens is 4. The zero-order valence-electron chi connectivity index (χ0n) is 18.8. The van der Waals surface area contributed by atoms with Gasteiger partial charge in [-0.3, -0.25) is 14.3 Å². The van der Waals surface area contributed by atoms with Gasteiger partial charge in [-0.05, 0) is 42.4 Å². The molecule has 182 valence electrons. The zero-order valence-corrected chi connectivity index (χ0v) is 18.8. The number of hydrogen-bond donors (Lipinski definition) is 2. The van der Waals surface area contributed by atoms with Crippen LogP contribution >= 0.6 is 0 Å². The summed E-state index contributed by atoms with van der Waals surface area (Å²) in [6.07, 6.45) is -2.96. The number of hydrogen-bond acceptors (Lipinski definition) is 4. The third-order valence-electron chi connectivity index (χ3n) is 5.57. The molecule has 0 bridgehead atoms. The van der Waals surface area contributed by atoms with Crippen LogP contribution in [0, 0.1) is 17.2 Å². The highest BCUT2D eigenvalue weighted by atomic mass is 19.4. The highest BCUT2D eigenvalue weighted by molar-refractivity contribution is 6.06. The highest BCUT2D eigenvalue weighted by Gasteiger charge is 2.36. The van der Waals surface area contributed by atoms with Crippen molar-refractivity contribution in [2.24, 2.45) is 11.3 Å². The van der Waals surface area contributed by atoms with E-state index in [1.807, 2.05) is 5.32 Å². The van der Waals surface area contributed by atoms with Gasteiger partial charge in [0.2, 0.25) is 5.91 Å². The van der Waals surface area contributed by atoms with Crippen molar-refractivity contribution in [3.63, 3.8) is 0 Å². The number of rotatable bonds is 6. The molecule has 0 aliphatic carbocycles. The van der Waals surface area contributed by atoms with E-state index in [0.717, 1.165) is 12.8 Å². The number of nitrogens with one attached hydrogen (secondary N) is 2. The second-order valence-electron chi connectivity index (χ2n) is 9.35. The fourth-order valence-corrected chi connectivity index (χ4v) is 3.79. The molecule has 1 aliphatic rings. The Balaban J connectivity index is 1.87. The first-order chi connectivity index (χ1) is 15.3. The van der Waals surface area contributed by atoms with E-state index in [-0.39, 0.29) is 11.6 Å². The minimum atomic E-state index is -4.58. The average molecular weight is 472 g/mol. The van der Waals surface area contributed by atoms with Gasteiger partial charge < -0.3 is 15.4 Å². The molecule has 1 fully saturated rings. The van der Waals surface area contributed by atoms with Crippen LogP contribution < -0.4 is 10.6 Å². The van der Waals surface area contributed by atoms with Crippen LogP contribution in [0.5, 0.6) is 0 Å². The fourth-order valence-electron chi connectivity index (χ4n) is 3.79. The molecule has 1 aliphatic heterocycles. The molecule has 2 amide bonds. The summed E-state index contributed by atoms with van der Waals surface area (Å²) in [5.74, 6) is -1.91. The molecule has 2 heterocycles. The number of benzene rings is 1. The van der Waals surface area contributed by atoms with Crippen molar-refractivity contribution >= 4 is 22.7 Å². The largest absolute Gasteiger partial charge is 0.405 e. The van der Waals surface area contributed by atoms with Crippen molar-refractivity contribution < 1.29 is 31.9 Å². The van der Waals surface area contributed by atoms with Gasteiger partial charge in [0.25, 0.3) is 5.91 Å². The van der Waals surface area contributed by atoms with Crippen LogP contribution in [0.25, 0.3) is 10.9 Å². The number of nitrogens with zero attached hydrogens (tertiary/aromatic N) is 2. The van der Waals surface area contributed by atoms with Crippen LogP contribution in [0.15, 0.2) is 18.2 Å². The SMILES string of the molecule is CC(C)(C)C(NC(=O)c1nn(CC2CCOCC2)c2cc(F)ccc12)C(=O)NCC(F)(F)F. The molecule has 0 radical (unpaired) electrons. The van der Waals surface area contributed by atoms with Gasteiger partial charge in [-0.25, -0.2) is 4.39 Å². The molecule has 33 heavy (non-hydrogen) atoms. The summed E-state index contributed by atoms with van der Waals surface area (Å²) in [5.41, 5.74) is -0.465. The van der Waals surface area contributed by atoms with Crippen molar-refractivity contribution in [3.05, 3.63) is 29.7 Å². The van der Waals surface area contributed by atoms with Gasteiger partial charge in [-0.15, -0.1) is 0 Å². The predicted molar refractivity (Wildman–Crippen MR) is 113 cm³/mol. The summed E-state index contributed by atoms with van der Waals surface area (Å²) in [6, 6.07) is 2.68. The average Bonchev–Trinajstić information content (AvgIpc) is 3.07. The van der Waals surface area contributed by atoms with E-state index in [1.54, 1.807) is 25.5 Å². The van der Waals surface area contributed by atoms with E-state index in [9.17, 15) is 27.2 Å². The number of carbonyl (C=O) groups excluding carboxylic acids is 2. The first-order valence-electron chi connectivity index (χ1n) is 10.7. The molecule has 1 atom stereocenters. The molecule has 1 aromatic heterocycles. The third kappa shape index (κ3) is 6.43. The van der Waals surface area contributed by atoms with Crippen LogP contribution in [0.4, 0.5) is 17.6 Å². The smallest absolute Gasteiger partial charge is 0.381 e. The fraction of sp³-hybridized carbons (Fsp3) is 0.591. The van der Waals surface area contributed by atoms with Crippen LogP contribution in [0.2, 0.25) is 0 Å². The van der Waals surface area contributed by atoms with Crippen LogP contribution in [0.1, 0.15) is 44.1 Å². The van der Waals surface area contributed by atoms with Crippen molar-refractivity contribution in [1.29, 1.82) is 0 Å². The minimum absolute atomic E-state index is 0.0186. The van der Waals surface area contributed by atoms with E-state index >= 15 is 0 Å². The molecule has 1 aromatic carbocycles. The molecular weight excluding hydrogens is 444 g/mol. The Morgan fingerprint density at radius 3 is 2.48 bits per heavy atom. The standard InChI is InChI=1S/C22H28F4N4O3/c1-21(2,3)18(20(32)27-12-22(24,25)26)28-19(31)17-15-5-4-14(23)10-16(15)30(29-17)11-13-6-8-33-9-7-13/h4-5,10,13,18H,6-9,11-12H2,1-3H3,(H,27,32)(H,28,31).